The van der Waals surface area contributed by atoms with E-state index in [0.29, 0.717) is 0 Å². The summed E-state index contributed by atoms with van der Waals surface area (Å²) in [6, 6.07) is 7.88. The number of hydrogen-bond acceptors (Lipinski definition) is 5. The number of methoxy groups -OCH3 is 1. The van der Waals surface area contributed by atoms with Crippen LogP contribution < -0.4 is 4.74 Å². The van der Waals surface area contributed by atoms with Gasteiger partial charge in [0.1, 0.15) is 16.6 Å². The quantitative estimate of drug-likeness (QED) is 0.782. The second-order valence-corrected chi connectivity index (χ2v) is 7.62. The average Bonchev–Trinajstić information content (AvgIpc) is 2.53. The molecule has 0 N–H and O–H groups in total. The van der Waals surface area contributed by atoms with Crippen molar-refractivity contribution in [3.63, 3.8) is 0 Å². The fraction of sp³-hybridized carbons (Fsp3) is 0.250. The molecule has 126 valence electrons. The van der Waals surface area contributed by atoms with Crippen LogP contribution in [-0.2, 0) is 9.84 Å². The Labute approximate surface area is 138 Å². The summed E-state index contributed by atoms with van der Waals surface area (Å²) in [7, 11) is -2.18. The van der Waals surface area contributed by atoms with Crippen molar-refractivity contribution in [1.82, 2.24) is 9.88 Å². The second-order valence-electron chi connectivity index (χ2n) is 5.39. The van der Waals surface area contributed by atoms with E-state index in [0.717, 1.165) is 12.1 Å². The normalized spacial score (nSPS) is 15.0. The van der Waals surface area contributed by atoms with Crippen LogP contribution in [0.4, 0.5) is 4.39 Å². The molecule has 1 aliphatic rings. The Morgan fingerprint density at radius 3 is 2.54 bits per heavy atom. The fourth-order valence-electron chi connectivity index (χ4n) is 2.50. The number of carbonyl (C=O) groups is 1. The van der Waals surface area contributed by atoms with E-state index in [1.807, 2.05) is 0 Å². The standard InChI is InChI=1S/C16H15FN2O4S/c1-23-15-14(3-2-8-18-15)16(20)19-9-13(10-19)24(21,22)12-6-4-11(17)5-7-12/h2-8,13H,9-10H2,1H3. The Bertz CT molecular complexity index is 862. The van der Waals surface area contributed by atoms with Crippen LogP contribution in [0.25, 0.3) is 0 Å². The predicted octanol–water partition coefficient (Wildman–Crippen LogP) is 1.53. The lowest BCUT2D eigenvalue weighted by molar-refractivity contribution is 0.0654. The van der Waals surface area contributed by atoms with Gasteiger partial charge in [0, 0.05) is 19.3 Å². The zero-order valence-corrected chi connectivity index (χ0v) is 13.7. The van der Waals surface area contributed by atoms with Gasteiger partial charge in [0.2, 0.25) is 5.88 Å². The van der Waals surface area contributed by atoms with Gasteiger partial charge in [-0.2, -0.15) is 0 Å². The van der Waals surface area contributed by atoms with Crippen molar-refractivity contribution in [2.24, 2.45) is 0 Å². The minimum absolute atomic E-state index is 0.0555. The minimum Gasteiger partial charge on any atom is -0.480 e. The predicted molar refractivity (Wildman–Crippen MR) is 84.1 cm³/mol. The molecule has 1 aromatic carbocycles. The molecule has 3 rings (SSSR count). The first-order chi connectivity index (χ1) is 11.4. The number of amides is 1. The van der Waals surface area contributed by atoms with Gasteiger partial charge in [-0.05, 0) is 36.4 Å². The number of aromatic nitrogens is 1. The van der Waals surface area contributed by atoms with E-state index in [1.165, 1.54) is 30.3 Å². The lowest BCUT2D eigenvalue weighted by Gasteiger charge is -2.38. The number of ether oxygens (including phenoxy) is 1. The molecule has 0 bridgehead atoms. The third-order valence-corrected chi connectivity index (χ3v) is 6.02. The zero-order valence-electron chi connectivity index (χ0n) is 12.8. The highest BCUT2D eigenvalue weighted by molar-refractivity contribution is 7.92. The Balaban J connectivity index is 1.73. The first-order valence-electron chi connectivity index (χ1n) is 7.21. The van der Waals surface area contributed by atoms with Crippen molar-refractivity contribution >= 4 is 15.7 Å². The van der Waals surface area contributed by atoms with Crippen molar-refractivity contribution < 1.29 is 22.3 Å². The van der Waals surface area contributed by atoms with Gasteiger partial charge >= 0.3 is 0 Å². The molecule has 0 aliphatic carbocycles. The molecule has 1 aromatic heterocycles. The van der Waals surface area contributed by atoms with E-state index in [1.54, 1.807) is 12.1 Å². The number of sulfone groups is 1. The number of rotatable bonds is 4. The first kappa shape index (κ1) is 16.4. The van der Waals surface area contributed by atoms with Gasteiger partial charge in [-0.3, -0.25) is 4.79 Å². The topological polar surface area (TPSA) is 76.6 Å². The molecule has 2 heterocycles. The molecular weight excluding hydrogens is 335 g/mol. The van der Waals surface area contributed by atoms with Crippen molar-refractivity contribution in [2.75, 3.05) is 20.2 Å². The first-order valence-corrected chi connectivity index (χ1v) is 8.76. The molecule has 24 heavy (non-hydrogen) atoms. The number of carbonyl (C=O) groups excluding carboxylic acids is 1. The summed E-state index contributed by atoms with van der Waals surface area (Å²) in [5.41, 5.74) is 0.289. The van der Waals surface area contributed by atoms with E-state index >= 15 is 0 Å². The summed E-state index contributed by atoms with van der Waals surface area (Å²) < 4.78 is 42.9. The molecule has 1 aliphatic heterocycles. The highest BCUT2D eigenvalue weighted by Gasteiger charge is 2.41. The number of hydrogen-bond donors (Lipinski definition) is 0. The van der Waals surface area contributed by atoms with E-state index in [-0.39, 0.29) is 35.3 Å². The third kappa shape index (κ3) is 2.84. The molecule has 2 aromatic rings. The molecule has 0 unspecified atom stereocenters. The van der Waals surface area contributed by atoms with Gasteiger partial charge < -0.3 is 9.64 Å². The molecule has 1 saturated heterocycles. The molecule has 6 nitrogen and oxygen atoms in total. The van der Waals surface area contributed by atoms with Crippen molar-refractivity contribution in [3.8, 4) is 5.88 Å². The van der Waals surface area contributed by atoms with Crippen molar-refractivity contribution in [1.29, 1.82) is 0 Å². The van der Waals surface area contributed by atoms with E-state index in [9.17, 15) is 17.6 Å². The number of likely N-dealkylation sites (tertiary alicyclic amines) is 1. The van der Waals surface area contributed by atoms with Gasteiger partial charge in [0.15, 0.2) is 9.84 Å². The fourth-order valence-corrected chi connectivity index (χ4v) is 4.16. The third-order valence-electron chi connectivity index (χ3n) is 3.91. The summed E-state index contributed by atoms with van der Waals surface area (Å²) in [5, 5.41) is -0.699. The lowest BCUT2D eigenvalue weighted by Crippen LogP contribution is -2.56. The Morgan fingerprint density at radius 1 is 1.25 bits per heavy atom. The zero-order chi connectivity index (χ0) is 17.3. The van der Waals surface area contributed by atoms with E-state index in [2.05, 4.69) is 4.98 Å². The van der Waals surface area contributed by atoms with Crippen LogP contribution in [0.2, 0.25) is 0 Å². The van der Waals surface area contributed by atoms with Crippen molar-refractivity contribution in [2.45, 2.75) is 10.1 Å². The second kappa shape index (κ2) is 6.20. The maximum absolute atomic E-state index is 12.9. The van der Waals surface area contributed by atoms with Crippen LogP contribution in [0.5, 0.6) is 5.88 Å². The van der Waals surface area contributed by atoms with Crippen LogP contribution in [0.3, 0.4) is 0 Å². The van der Waals surface area contributed by atoms with Crippen LogP contribution in [0.1, 0.15) is 10.4 Å². The number of halogens is 1. The van der Waals surface area contributed by atoms with Crippen LogP contribution in [-0.4, -0.2) is 49.7 Å². The van der Waals surface area contributed by atoms with E-state index in [4.69, 9.17) is 4.74 Å². The minimum atomic E-state index is -3.59. The molecule has 0 radical (unpaired) electrons. The summed E-state index contributed by atoms with van der Waals surface area (Å²) in [5.74, 6) is -0.624. The van der Waals surface area contributed by atoms with E-state index < -0.39 is 20.9 Å². The Hall–Kier alpha value is -2.48. The molecule has 1 fully saturated rings. The molecule has 1 amide bonds. The summed E-state index contributed by atoms with van der Waals surface area (Å²) >= 11 is 0. The van der Waals surface area contributed by atoms with Gasteiger partial charge in [0.25, 0.3) is 5.91 Å². The largest absolute Gasteiger partial charge is 0.480 e. The maximum atomic E-state index is 12.9. The number of pyridine rings is 1. The summed E-state index contributed by atoms with van der Waals surface area (Å²) in [6.07, 6.45) is 1.51. The van der Waals surface area contributed by atoms with Crippen LogP contribution in [0.15, 0.2) is 47.5 Å². The molecular formula is C16H15FN2O4S. The smallest absolute Gasteiger partial charge is 0.259 e. The summed E-state index contributed by atoms with van der Waals surface area (Å²) in [6.45, 7) is 0.160. The Kier molecular flexibility index (Phi) is 4.23. The van der Waals surface area contributed by atoms with Crippen molar-refractivity contribution in [3.05, 3.63) is 54.0 Å². The van der Waals surface area contributed by atoms with Crippen LogP contribution >= 0.6 is 0 Å². The maximum Gasteiger partial charge on any atom is 0.259 e. The van der Waals surface area contributed by atoms with Gasteiger partial charge in [-0.1, -0.05) is 0 Å². The van der Waals surface area contributed by atoms with Gasteiger partial charge in [-0.15, -0.1) is 0 Å². The lowest BCUT2D eigenvalue weighted by atomic mass is 10.1. The molecule has 0 spiro atoms. The van der Waals surface area contributed by atoms with Gasteiger partial charge in [0.05, 0.1) is 12.0 Å². The monoisotopic (exact) mass is 350 g/mol. The van der Waals surface area contributed by atoms with Gasteiger partial charge in [-0.25, -0.2) is 17.8 Å². The number of benzene rings is 1. The highest BCUT2D eigenvalue weighted by Crippen LogP contribution is 2.26. The van der Waals surface area contributed by atoms with Crippen LogP contribution in [0, 0.1) is 5.82 Å². The highest BCUT2D eigenvalue weighted by atomic mass is 32.2. The molecule has 0 saturated carbocycles. The average molecular weight is 350 g/mol. The Morgan fingerprint density at radius 2 is 1.92 bits per heavy atom. The summed E-state index contributed by atoms with van der Waals surface area (Å²) in [4.78, 5) is 17.9. The SMILES string of the molecule is COc1ncccc1C(=O)N1CC(S(=O)(=O)c2ccc(F)cc2)C1. The molecule has 8 heteroatoms. The number of nitrogens with zero attached hydrogens (tertiary/aromatic N) is 2. The molecule has 0 atom stereocenters.